The van der Waals surface area contributed by atoms with E-state index in [2.05, 4.69) is 4.90 Å². The van der Waals surface area contributed by atoms with Gasteiger partial charge >= 0.3 is 0 Å². The minimum Gasteiger partial charge on any atom is -0.330 e. The van der Waals surface area contributed by atoms with Gasteiger partial charge < -0.3 is 10.6 Å². The maximum Gasteiger partial charge on any atom is 0.0108 e. The van der Waals surface area contributed by atoms with Crippen LogP contribution in [0.5, 0.6) is 0 Å². The fourth-order valence-corrected chi connectivity index (χ4v) is 2.05. The van der Waals surface area contributed by atoms with Crippen molar-refractivity contribution in [1.82, 2.24) is 4.90 Å². The van der Waals surface area contributed by atoms with E-state index >= 15 is 0 Å². The van der Waals surface area contributed by atoms with E-state index < -0.39 is 0 Å². The lowest BCUT2D eigenvalue weighted by atomic mass is 9.97. The monoisotopic (exact) mass is 168 g/mol. The Kier molecular flexibility index (Phi) is 2.66. The van der Waals surface area contributed by atoms with Crippen molar-refractivity contribution in [2.45, 2.75) is 38.1 Å². The summed E-state index contributed by atoms with van der Waals surface area (Å²) >= 11 is 0. The van der Waals surface area contributed by atoms with E-state index in [0.717, 1.165) is 18.5 Å². The van der Waals surface area contributed by atoms with Crippen LogP contribution in [0.25, 0.3) is 0 Å². The van der Waals surface area contributed by atoms with Gasteiger partial charge in [0.15, 0.2) is 0 Å². The molecule has 2 heteroatoms. The van der Waals surface area contributed by atoms with Crippen LogP contribution in [0, 0.1) is 5.92 Å². The zero-order valence-corrected chi connectivity index (χ0v) is 7.84. The Labute approximate surface area is 75.1 Å². The lowest BCUT2D eigenvalue weighted by Crippen LogP contribution is -2.48. The van der Waals surface area contributed by atoms with Gasteiger partial charge in [-0.25, -0.2) is 0 Å². The summed E-state index contributed by atoms with van der Waals surface area (Å²) in [6, 6.07) is 0.897. The van der Waals surface area contributed by atoms with Gasteiger partial charge in [-0.05, 0) is 51.1 Å². The van der Waals surface area contributed by atoms with Crippen LogP contribution in [0.2, 0.25) is 0 Å². The molecule has 12 heavy (non-hydrogen) atoms. The average Bonchev–Trinajstić information content (AvgIpc) is 2.82. The Morgan fingerprint density at radius 3 is 2.58 bits per heavy atom. The Morgan fingerprint density at radius 2 is 2.08 bits per heavy atom. The van der Waals surface area contributed by atoms with Gasteiger partial charge in [-0.1, -0.05) is 0 Å². The zero-order chi connectivity index (χ0) is 8.39. The summed E-state index contributed by atoms with van der Waals surface area (Å²) in [5, 5.41) is 0. The predicted octanol–water partition coefficient (Wildman–Crippen LogP) is 1.21. The first-order chi connectivity index (χ1) is 5.90. The second-order valence-corrected chi connectivity index (χ2v) is 4.31. The van der Waals surface area contributed by atoms with Crippen molar-refractivity contribution >= 4 is 0 Å². The molecule has 1 saturated carbocycles. The van der Waals surface area contributed by atoms with Crippen LogP contribution < -0.4 is 5.73 Å². The highest BCUT2D eigenvalue weighted by molar-refractivity contribution is 4.87. The highest BCUT2D eigenvalue weighted by atomic mass is 15.2. The molecule has 0 radical (unpaired) electrons. The Morgan fingerprint density at radius 1 is 1.25 bits per heavy atom. The van der Waals surface area contributed by atoms with E-state index in [0.29, 0.717) is 0 Å². The molecule has 2 fully saturated rings. The van der Waals surface area contributed by atoms with Gasteiger partial charge in [-0.3, -0.25) is 0 Å². The fourth-order valence-electron chi connectivity index (χ4n) is 2.05. The minimum absolute atomic E-state index is 0.869. The quantitative estimate of drug-likeness (QED) is 0.668. The van der Waals surface area contributed by atoms with Crippen molar-refractivity contribution in [3.8, 4) is 0 Å². The molecule has 0 bridgehead atoms. The van der Waals surface area contributed by atoms with E-state index in [-0.39, 0.29) is 0 Å². The number of hydrogen-bond acceptors (Lipinski definition) is 2. The molecule has 1 atom stereocenters. The van der Waals surface area contributed by atoms with Gasteiger partial charge in [0.25, 0.3) is 0 Å². The second-order valence-electron chi connectivity index (χ2n) is 4.31. The number of nitrogens with two attached hydrogens (primary N) is 1. The van der Waals surface area contributed by atoms with Gasteiger partial charge in [-0.2, -0.15) is 0 Å². The van der Waals surface area contributed by atoms with E-state index in [1.165, 1.54) is 45.2 Å². The summed E-state index contributed by atoms with van der Waals surface area (Å²) in [4.78, 5) is 2.66. The molecule has 0 aromatic rings. The molecule has 2 rings (SSSR count). The molecule has 0 aromatic heterocycles. The average molecular weight is 168 g/mol. The summed E-state index contributed by atoms with van der Waals surface area (Å²) in [6.07, 6.45) is 6.95. The molecular weight excluding hydrogens is 148 g/mol. The van der Waals surface area contributed by atoms with E-state index in [9.17, 15) is 0 Å². The van der Waals surface area contributed by atoms with Crippen molar-refractivity contribution in [3.05, 3.63) is 0 Å². The van der Waals surface area contributed by atoms with E-state index in [4.69, 9.17) is 5.73 Å². The molecule has 2 aliphatic rings. The second kappa shape index (κ2) is 3.75. The molecule has 0 aromatic carbocycles. The first-order valence-electron chi connectivity index (χ1n) is 5.34. The van der Waals surface area contributed by atoms with Crippen LogP contribution in [-0.2, 0) is 0 Å². The van der Waals surface area contributed by atoms with Crippen molar-refractivity contribution in [2.24, 2.45) is 11.7 Å². The van der Waals surface area contributed by atoms with Crippen LogP contribution in [0.4, 0.5) is 0 Å². The molecule has 1 heterocycles. The highest BCUT2D eigenvalue weighted by Gasteiger charge is 2.32. The van der Waals surface area contributed by atoms with Crippen LogP contribution in [-0.4, -0.2) is 30.6 Å². The van der Waals surface area contributed by atoms with Crippen LogP contribution in [0.15, 0.2) is 0 Å². The van der Waals surface area contributed by atoms with Gasteiger partial charge in [0, 0.05) is 12.6 Å². The Balaban J connectivity index is 1.62. The molecule has 0 spiro atoms. The van der Waals surface area contributed by atoms with Crippen LogP contribution in [0.3, 0.4) is 0 Å². The Bertz CT molecular complexity index is 143. The van der Waals surface area contributed by atoms with Crippen LogP contribution in [0.1, 0.15) is 32.1 Å². The topological polar surface area (TPSA) is 29.3 Å². The van der Waals surface area contributed by atoms with Gasteiger partial charge in [-0.15, -0.1) is 0 Å². The Hall–Kier alpha value is -0.0800. The summed E-state index contributed by atoms with van der Waals surface area (Å²) in [7, 11) is 0. The molecule has 1 aliphatic heterocycles. The van der Waals surface area contributed by atoms with Crippen molar-refractivity contribution in [3.63, 3.8) is 0 Å². The molecule has 2 N–H and O–H groups in total. The van der Waals surface area contributed by atoms with Gasteiger partial charge in [0.2, 0.25) is 0 Å². The fraction of sp³-hybridized carbons (Fsp3) is 1.00. The van der Waals surface area contributed by atoms with Crippen molar-refractivity contribution in [1.29, 1.82) is 0 Å². The number of nitrogens with zero attached hydrogens (tertiary/aromatic N) is 1. The number of likely N-dealkylation sites (tertiary alicyclic amines) is 1. The minimum atomic E-state index is 0.869. The lowest BCUT2D eigenvalue weighted by Gasteiger charge is -2.41. The third-order valence-corrected chi connectivity index (χ3v) is 3.20. The molecule has 1 saturated heterocycles. The van der Waals surface area contributed by atoms with E-state index in [1.54, 1.807) is 0 Å². The summed E-state index contributed by atoms with van der Waals surface area (Å²) < 4.78 is 0. The number of hydrogen-bond donors (Lipinski definition) is 1. The third kappa shape index (κ3) is 1.99. The number of rotatable bonds is 5. The highest BCUT2D eigenvalue weighted by Crippen LogP contribution is 2.33. The predicted molar refractivity (Wildman–Crippen MR) is 51.0 cm³/mol. The van der Waals surface area contributed by atoms with Gasteiger partial charge in [0.1, 0.15) is 0 Å². The van der Waals surface area contributed by atoms with Gasteiger partial charge in [0.05, 0.1) is 0 Å². The normalized spacial score (nSPS) is 30.2. The molecule has 0 amide bonds. The third-order valence-electron chi connectivity index (χ3n) is 3.20. The molecule has 1 unspecified atom stereocenters. The first-order valence-corrected chi connectivity index (χ1v) is 5.34. The standard InChI is InChI=1S/C10H20N2/c11-6-1-2-10-5-7-12(10)8-9-3-4-9/h9-10H,1-8,11H2. The molecular formula is C10H20N2. The van der Waals surface area contributed by atoms with Crippen LogP contribution >= 0.6 is 0 Å². The maximum absolute atomic E-state index is 5.50. The first kappa shape index (κ1) is 8.52. The molecule has 2 nitrogen and oxygen atoms in total. The maximum atomic E-state index is 5.50. The summed E-state index contributed by atoms with van der Waals surface area (Å²) in [5.74, 6) is 1.06. The molecule has 70 valence electrons. The smallest absolute Gasteiger partial charge is 0.0108 e. The zero-order valence-electron chi connectivity index (χ0n) is 7.84. The van der Waals surface area contributed by atoms with E-state index in [1.807, 2.05) is 0 Å². The summed E-state index contributed by atoms with van der Waals surface area (Å²) in [6.45, 7) is 3.61. The SMILES string of the molecule is NCCCC1CCN1CC1CC1. The summed E-state index contributed by atoms with van der Waals surface area (Å²) in [5.41, 5.74) is 5.50. The van der Waals surface area contributed by atoms with Crippen molar-refractivity contribution in [2.75, 3.05) is 19.6 Å². The lowest BCUT2D eigenvalue weighted by molar-refractivity contribution is 0.0774. The largest absolute Gasteiger partial charge is 0.330 e. The van der Waals surface area contributed by atoms with Crippen molar-refractivity contribution < 1.29 is 0 Å². The molecule has 1 aliphatic carbocycles.